The fraction of sp³-hybridized carbons (Fsp3) is 0.522. The van der Waals surface area contributed by atoms with E-state index in [0.717, 1.165) is 43.8 Å². The van der Waals surface area contributed by atoms with E-state index in [-0.39, 0.29) is 34.5 Å². The molecule has 1 aromatic carbocycles. The molecule has 1 saturated heterocycles. The molecule has 1 aromatic heterocycles. The zero-order valence-corrected chi connectivity index (χ0v) is 20.7. The van der Waals surface area contributed by atoms with E-state index < -0.39 is 5.91 Å². The van der Waals surface area contributed by atoms with Crippen molar-refractivity contribution in [2.45, 2.75) is 26.7 Å². The second kappa shape index (κ2) is 11.5. The molecular formula is C23H30N6O5S. The van der Waals surface area contributed by atoms with Crippen LogP contribution in [-0.4, -0.2) is 83.8 Å². The summed E-state index contributed by atoms with van der Waals surface area (Å²) >= 11 is 0.932. The lowest BCUT2D eigenvalue weighted by Gasteiger charge is -2.31. The maximum atomic E-state index is 13.0. The standard InChI is InChI=1S/C23H30N6O5S/c1-3-28(4-2)11-9-24-19(30)15-6-5-10-29(13-15)23(32)22-27-26-21(35-22)20(31)25-16-7-8-17-18(12-16)34-14-33-17/h7-8,12,15H,3-6,9-11,13-14H2,1-2H3,(H,24,30)(H,25,31). The molecule has 3 heterocycles. The van der Waals surface area contributed by atoms with Crippen LogP contribution in [0.5, 0.6) is 11.5 Å². The van der Waals surface area contributed by atoms with Crippen LogP contribution in [0.3, 0.4) is 0 Å². The third-order valence-electron chi connectivity index (χ3n) is 6.13. The Bertz CT molecular complexity index is 1070. The van der Waals surface area contributed by atoms with Gasteiger partial charge in [0.15, 0.2) is 11.5 Å². The number of carbonyl (C=O) groups is 3. The van der Waals surface area contributed by atoms with Gasteiger partial charge in [0, 0.05) is 37.9 Å². The Hall–Kier alpha value is -3.25. The summed E-state index contributed by atoms with van der Waals surface area (Å²) in [6, 6.07) is 5.06. The number of piperidine rings is 1. The average Bonchev–Trinajstić information content (AvgIpc) is 3.56. The fourth-order valence-corrected chi connectivity index (χ4v) is 4.80. The van der Waals surface area contributed by atoms with E-state index in [2.05, 4.69) is 39.6 Å². The van der Waals surface area contributed by atoms with E-state index >= 15 is 0 Å². The molecule has 0 spiro atoms. The first kappa shape index (κ1) is 24.9. The number of likely N-dealkylation sites (tertiary alicyclic amines) is 1. The van der Waals surface area contributed by atoms with Gasteiger partial charge in [0.25, 0.3) is 11.8 Å². The number of anilines is 1. The quantitative estimate of drug-likeness (QED) is 0.532. The van der Waals surface area contributed by atoms with Crippen molar-refractivity contribution in [2.75, 3.05) is 51.4 Å². The molecule has 12 heteroatoms. The summed E-state index contributed by atoms with van der Waals surface area (Å²) in [4.78, 5) is 42.1. The molecule has 1 atom stereocenters. The number of fused-ring (bicyclic) bond motifs is 1. The molecule has 2 aliphatic heterocycles. The monoisotopic (exact) mass is 502 g/mol. The third-order valence-corrected chi connectivity index (χ3v) is 7.04. The SMILES string of the molecule is CCN(CC)CCNC(=O)C1CCCN(C(=O)c2nnc(C(=O)Nc3ccc4c(c3)OCO4)s2)C1. The summed E-state index contributed by atoms with van der Waals surface area (Å²) in [5.41, 5.74) is 0.521. The molecule has 35 heavy (non-hydrogen) atoms. The van der Waals surface area contributed by atoms with E-state index in [0.29, 0.717) is 36.8 Å². The van der Waals surface area contributed by atoms with Crippen LogP contribution in [0.2, 0.25) is 0 Å². The highest BCUT2D eigenvalue weighted by molar-refractivity contribution is 7.15. The number of aromatic nitrogens is 2. The zero-order valence-electron chi connectivity index (χ0n) is 19.9. The summed E-state index contributed by atoms with van der Waals surface area (Å²) < 4.78 is 10.6. The Balaban J connectivity index is 1.31. The molecular weight excluding hydrogens is 472 g/mol. The number of nitrogens with one attached hydrogen (secondary N) is 2. The topological polar surface area (TPSA) is 126 Å². The number of rotatable bonds is 9. The van der Waals surface area contributed by atoms with Crippen LogP contribution in [-0.2, 0) is 4.79 Å². The molecule has 4 rings (SSSR count). The maximum absolute atomic E-state index is 13.0. The van der Waals surface area contributed by atoms with Crippen molar-refractivity contribution < 1.29 is 23.9 Å². The molecule has 1 unspecified atom stereocenters. The van der Waals surface area contributed by atoms with Crippen molar-refractivity contribution in [3.8, 4) is 11.5 Å². The van der Waals surface area contributed by atoms with Gasteiger partial charge in [-0.3, -0.25) is 14.4 Å². The van der Waals surface area contributed by atoms with Crippen LogP contribution < -0.4 is 20.1 Å². The number of benzene rings is 1. The highest BCUT2D eigenvalue weighted by Crippen LogP contribution is 2.34. The summed E-state index contributed by atoms with van der Waals surface area (Å²) in [5, 5.41) is 13.8. The molecule has 2 N–H and O–H groups in total. The molecule has 0 radical (unpaired) electrons. The van der Waals surface area contributed by atoms with Crippen molar-refractivity contribution >= 4 is 34.7 Å². The predicted octanol–water partition coefficient (Wildman–Crippen LogP) is 1.83. The molecule has 0 aliphatic carbocycles. The maximum Gasteiger partial charge on any atom is 0.286 e. The van der Waals surface area contributed by atoms with Gasteiger partial charge in [0.1, 0.15) is 0 Å². The van der Waals surface area contributed by atoms with Crippen molar-refractivity contribution in [3.05, 3.63) is 28.2 Å². The average molecular weight is 503 g/mol. The molecule has 0 bridgehead atoms. The highest BCUT2D eigenvalue weighted by atomic mass is 32.1. The second-order valence-electron chi connectivity index (χ2n) is 8.34. The van der Waals surface area contributed by atoms with Crippen LogP contribution in [0.1, 0.15) is 46.3 Å². The Morgan fingerprint density at radius 1 is 1.14 bits per heavy atom. The minimum absolute atomic E-state index is 0.0317. The van der Waals surface area contributed by atoms with Gasteiger partial charge in [0.2, 0.25) is 22.7 Å². The zero-order chi connectivity index (χ0) is 24.8. The van der Waals surface area contributed by atoms with Crippen LogP contribution >= 0.6 is 11.3 Å². The minimum atomic E-state index is -0.468. The third kappa shape index (κ3) is 6.06. The Kier molecular flexibility index (Phi) is 8.13. The first-order chi connectivity index (χ1) is 17.0. The molecule has 0 saturated carbocycles. The summed E-state index contributed by atoms with van der Waals surface area (Å²) in [7, 11) is 0. The van der Waals surface area contributed by atoms with Crippen LogP contribution in [0.15, 0.2) is 18.2 Å². The van der Waals surface area contributed by atoms with Gasteiger partial charge in [-0.15, -0.1) is 10.2 Å². The number of likely N-dealkylation sites (N-methyl/N-ethyl adjacent to an activating group) is 1. The molecule has 2 aliphatic rings. The Morgan fingerprint density at radius 2 is 1.91 bits per heavy atom. The lowest BCUT2D eigenvalue weighted by atomic mass is 9.97. The van der Waals surface area contributed by atoms with Crippen molar-refractivity contribution in [3.63, 3.8) is 0 Å². The van der Waals surface area contributed by atoms with Crippen LogP contribution in [0.4, 0.5) is 5.69 Å². The summed E-state index contributed by atoms with van der Waals surface area (Å²) in [6.45, 7) is 8.47. The largest absolute Gasteiger partial charge is 0.454 e. The van der Waals surface area contributed by atoms with Crippen molar-refractivity contribution in [1.82, 2.24) is 25.3 Å². The number of ether oxygens (including phenoxy) is 2. The molecule has 1 fully saturated rings. The van der Waals surface area contributed by atoms with Crippen molar-refractivity contribution in [1.29, 1.82) is 0 Å². The number of hydrogen-bond acceptors (Lipinski definition) is 9. The highest BCUT2D eigenvalue weighted by Gasteiger charge is 2.31. The molecule has 11 nitrogen and oxygen atoms in total. The first-order valence-corrected chi connectivity index (χ1v) is 12.6. The normalized spacial score (nSPS) is 16.9. The van der Waals surface area contributed by atoms with Gasteiger partial charge in [-0.05, 0) is 38.1 Å². The van der Waals surface area contributed by atoms with E-state index in [1.807, 2.05) is 0 Å². The lowest BCUT2D eigenvalue weighted by Crippen LogP contribution is -2.46. The van der Waals surface area contributed by atoms with Gasteiger partial charge in [0.05, 0.1) is 5.92 Å². The summed E-state index contributed by atoms with van der Waals surface area (Å²) in [5.74, 6) is 0.0912. The molecule has 3 amide bonds. The van der Waals surface area contributed by atoms with E-state index in [9.17, 15) is 14.4 Å². The number of carbonyl (C=O) groups excluding carboxylic acids is 3. The lowest BCUT2D eigenvalue weighted by molar-refractivity contribution is -0.126. The fourth-order valence-electron chi connectivity index (χ4n) is 4.09. The van der Waals surface area contributed by atoms with Gasteiger partial charge < -0.3 is 29.9 Å². The van der Waals surface area contributed by atoms with Gasteiger partial charge in [-0.25, -0.2) is 0 Å². The van der Waals surface area contributed by atoms with Gasteiger partial charge in [-0.2, -0.15) is 0 Å². The predicted molar refractivity (Wildman–Crippen MR) is 130 cm³/mol. The van der Waals surface area contributed by atoms with E-state index in [1.54, 1.807) is 23.1 Å². The van der Waals surface area contributed by atoms with Gasteiger partial charge >= 0.3 is 0 Å². The molecule has 188 valence electrons. The summed E-state index contributed by atoms with van der Waals surface area (Å²) in [6.07, 6.45) is 1.47. The number of amides is 3. The second-order valence-corrected chi connectivity index (χ2v) is 9.32. The number of hydrogen-bond donors (Lipinski definition) is 2. The Labute approximate surface area is 207 Å². The van der Waals surface area contributed by atoms with Gasteiger partial charge in [-0.1, -0.05) is 25.2 Å². The van der Waals surface area contributed by atoms with E-state index in [4.69, 9.17) is 9.47 Å². The minimum Gasteiger partial charge on any atom is -0.454 e. The molecule has 2 aromatic rings. The van der Waals surface area contributed by atoms with E-state index in [1.165, 1.54) is 0 Å². The van der Waals surface area contributed by atoms with Crippen LogP contribution in [0.25, 0.3) is 0 Å². The van der Waals surface area contributed by atoms with Crippen LogP contribution in [0, 0.1) is 5.92 Å². The van der Waals surface area contributed by atoms with Crippen molar-refractivity contribution in [2.24, 2.45) is 5.92 Å². The Morgan fingerprint density at radius 3 is 2.71 bits per heavy atom. The number of nitrogens with zero attached hydrogens (tertiary/aromatic N) is 4. The smallest absolute Gasteiger partial charge is 0.286 e. The first-order valence-electron chi connectivity index (χ1n) is 11.8.